The molecule has 4 nitrogen and oxygen atoms in total. The molecule has 1 unspecified atom stereocenters. The summed E-state index contributed by atoms with van der Waals surface area (Å²) in [5, 5.41) is 0. The van der Waals surface area contributed by atoms with Crippen molar-refractivity contribution >= 4 is 11.7 Å². The van der Waals surface area contributed by atoms with Gasteiger partial charge in [0.15, 0.2) is 0 Å². The molecule has 1 aromatic rings. The fourth-order valence-electron chi connectivity index (χ4n) is 1.65. The molecule has 0 aromatic heterocycles. The highest BCUT2D eigenvalue weighted by atomic mass is 16.5. The van der Waals surface area contributed by atoms with Crippen LogP contribution in [0.3, 0.4) is 0 Å². The molecular formula is C13H20N2O2. The number of esters is 1. The van der Waals surface area contributed by atoms with Crippen molar-refractivity contribution in [1.29, 1.82) is 0 Å². The summed E-state index contributed by atoms with van der Waals surface area (Å²) in [4.78, 5) is 11.9. The van der Waals surface area contributed by atoms with Crippen LogP contribution in [0.2, 0.25) is 0 Å². The van der Waals surface area contributed by atoms with E-state index < -0.39 is 5.41 Å². The van der Waals surface area contributed by atoms with Gasteiger partial charge in [0.1, 0.15) is 0 Å². The van der Waals surface area contributed by atoms with Gasteiger partial charge in [-0.3, -0.25) is 4.79 Å². The Hall–Kier alpha value is -1.55. The van der Waals surface area contributed by atoms with E-state index in [2.05, 4.69) is 0 Å². The van der Waals surface area contributed by atoms with Crippen LogP contribution in [0.1, 0.15) is 19.4 Å². The minimum atomic E-state index is -0.717. The molecule has 1 atom stereocenters. The topological polar surface area (TPSA) is 78.3 Å². The predicted octanol–water partition coefficient (Wildman–Crippen LogP) is 1.34. The van der Waals surface area contributed by atoms with E-state index in [1.54, 1.807) is 13.8 Å². The van der Waals surface area contributed by atoms with Crippen molar-refractivity contribution in [2.75, 3.05) is 18.9 Å². The van der Waals surface area contributed by atoms with E-state index in [-0.39, 0.29) is 12.5 Å². The highest BCUT2D eigenvalue weighted by molar-refractivity contribution is 5.77. The maximum Gasteiger partial charge on any atom is 0.313 e. The number of para-hydroxylation sites is 1. The fraction of sp³-hybridized carbons (Fsp3) is 0.462. The summed E-state index contributed by atoms with van der Waals surface area (Å²) in [5.74, 6) is -0.272. The Balaban J connectivity index is 2.89. The molecule has 0 saturated carbocycles. The zero-order valence-corrected chi connectivity index (χ0v) is 10.4. The molecule has 4 heteroatoms. The van der Waals surface area contributed by atoms with Crippen LogP contribution in [0.25, 0.3) is 0 Å². The first kappa shape index (κ1) is 13.5. The highest BCUT2D eigenvalue weighted by Gasteiger charge is 2.33. The summed E-state index contributed by atoms with van der Waals surface area (Å²) in [6.07, 6.45) is 0.495. The van der Waals surface area contributed by atoms with Crippen LogP contribution in [-0.4, -0.2) is 19.1 Å². The van der Waals surface area contributed by atoms with Gasteiger partial charge in [-0.05, 0) is 31.9 Å². The molecule has 94 valence electrons. The number of benzene rings is 1. The van der Waals surface area contributed by atoms with Crippen molar-refractivity contribution in [3.8, 4) is 0 Å². The molecule has 0 saturated heterocycles. The van der Waals surface area contributed by atoms with Crippen molar-refractivity contribution in [1.82, 2.24) is 0 Å². The Morgan fingerprint density at radius 3 is 2.59 bits per heavy atom. The quantitative estimate of drug-likeness (QED) is 0.597. The first-order chi connectivity index (χ1) is 8.03. The standard InChI is InChI=1S/C13H20N2O2/c1-3-17-12(16)13(2,9-14)8-10-6-4-5-7-11(10)15/h4-7H,3,8-9,14-15H2,1-2H3. The van der Waals surface area contributed by atoms with Gasteiger partial charge in [0.25, 0.3) is 0 Å². The largest absolute Gasteiger partial charge is 0.466 e. The Morgan fingerprint density at radius 1 is 1.41 bits per heavy atom. The van der Waals surface area contributed by atoms with E-state index in [0.717, 1.165) is 5.56 Å². The maximum atomic E-state index is 11.9. The lowest BCUT2D eigenvalue weighted by atomic mass is 9.83. The van der Waals surface area contributed by atoms with Crippen molar-refractivity contribution in [3.05, 3.63) is 29.8 Å². The minimum absolute atomic E-state index is 0.236. The van der Waals surface area contributed by atoms with Gasteiger partial charge in [-0.1, -0.05) is 18.2 Å². The molecule has 1 aromatic carbocycles. The molecule has 0 bridgehead atoms. The lowest BCUT2D eigenvalue weighted by Crippen LogP contribution is -2.39. The van der Waals surface area contributed by atoms with E-state index in [9.17, 15) is 4.79 Å². The van der Waals surface area contributed by atoms with Crippen molar-refractivity contribution < 1.29 is 9.53 Å². The first-order valence-electron chi connectivity index (χ1n) is 5.74. The molecule has 1 rings (SSSR count). The maximum absolute atomic E-state index is 11.9. The number of anilines is 1. The van der Waals surface area contributed by atoms with Crippen LogP contribution in [0, 0.1) is 5.41 Å². The molecule has 0 fully saturated rings. The van der Waals surface area contributed by atoms with Crippen LogP contribution in [0.15, 0.2) is 24.3 Å². The number of ether oxygens (including phenoxy) is 1. The van der Waals surface area contributed by atoms with Gasteiger partial charge in [0.2, 0.25) is 0 Å². The van der Waals surface area contributed by atoms with Crippen LogP contribution in [-0.2, 0) is 16.0 Å². The molecule has 0 aliphatic carbocycles. The molecular weight excluding hydrogens is 216 g/mol. The second kappa shape index (κ2) is 5.68. The van der Waals surface area contributed by atoms with Gasteiger partial charge >= 0.3 is 5.97 Å². The van der Waals surface area contributed by atoms with Crippen molar-refractivity contribution in [2.45, 2.75) is 20.3 Å². The lowest BCUT2D eigenvalue weighted by Gasteiger charge is -2.26. The Labute approximate surface area is 102 Å². The zero-order valence-electron chi connectivity index (χ0n) is 10.4. The van der Waals surface area contributed by atoms with Gasteiger partial charge in [-0.15, -0.1) is 0 Å². The zero-order chi connectivity index (χ0) is 12.9. The average Bonchev–Trinajstić information content (AvgIpc) is 2.32. The van der Waals surface area contributed by atoms with Gasteiger partial charge in [0.05, 0.1) is 12.0 Å². The average molecular weight is 236 g/mol. The summed E-state index contributed by atoms with van der Waals surface area (Å²) < 4.78 is 5.05. The number of carbonyl (C=O) groups excluding carboxylic acids is 1. The van der Waals surface area contributed by atoms with Gasteiger partial charge in [0, 0.05) is 12.2 Å². The Bertz CT molecular complexity index is 393. The Morgan fingerprint density at radius 2 is 2.06 bits per heavy atom. The van der Waals surface area contributed by atoms with E-state index in [4.69, 9.17) is 16.2 Å². The number of hydrogen-bond acceptors (Lipinski definition) is 4. The van der Waals surface area contributed by atoms with E-state index >= 15 is 0 Å². The third-order valence-electron chi connectivity index (χ3n) is 2.85. The number of nitrogens with two attached hydrogens (primary N) is 2. The lowest BCUT2D eigenvalue weighted by molar-refractivity contribution is -0.153. The van der Waals surface area contributed by atoms with Gasteiger partial charge in [-0.25, -0.2) is 0 Å². The minimum Gasteiger partial charge on any atom is -0.466 e. The monoisotopic (exact) mass is 236 g/mol. The molecule has 0 spiro atoms. The summed E-state index contributed by atoms with van der Waals surface area (Å²) in [6, 6.07) is 7.48. The van der Waals surface area contributed by atoms with Crippen LogP contribution in [0.5, 0.6) is 0 Å². The molecule has 0 aliphatic rings. The smallest absolute Gasteiger partial charge is 0.313 e. The summed E-state index contributed by atoms with van der Waals surface area (Å²) >= 11 is 0. The first-order valence-corrected chi connectivity index (χ1v) is 5.74. The summed E-state index contributed by atoms with van der Waals surface area (Å²) in [7, 11) is 0. The normalized spacial score (nSPS) is 14.1. The molecule has 0 heterocycles. The second-order valence-corrected chi connectivity index (χ2v) is 4.36. The number of carbonyl (C=O) groups is 1. The number of nitrogen functional groups attached to an aromatic ring is 1. The second-order valence-electron chi connectivity index (χ2n) is 4.36. The van der Waals surface area contributed by atoms with E-state index in [1.807, 2.05) is 24.3 Å². The fourth-order valence-corrected chi connectivity index (χ4v) is 1.65. The molecule has 4 N–H and O–H groups in total. The molecule has 0 amide bonds. The number of rotatable bonds is 5. The van der Waals surface area contributed by atoms with Crippen LogP contribution >= 0.6 is 0 Å². The van der Waals surface area contributed by atoms with E-state index in [0.29, 0.717) is 18.7 Å². The third kappa shape index (κ3) is 3.20. The van der Waals surface area contributed by atoms with Crippen molar-refractivity contribution in [2.24, 2.45) is 11.1 Å². The molecule has 0 aliphatic heterocycles. The van der Waals surface area contributed by atoms with Gasteiger partial charge < -0.3 is 16.2 Å². The Kier molecular flexibility index (Phi) is 4.52. The highest BCUT2D eigenvalue weighted by Crippen LogP contribution is 2.26. The summed E-state index contributed by atoms with van der Waals surface area (Å²) in [5.41, 5.74) is 12.4. The molecule has 0 radical (unpaired) electrons. The van der Waals surface area contributed by atoms with E-state index in [1.165, 1.54) is 0 Å². The SMILES string of the molecule is CCOC(=O)C(C)(CN)Cc1ccccc1N. The molecule has 17 heavy (non-hydrogen) atoms. The number of hydrogen-bond donors (Lipinski definition) is 2. The van der Waals surface area contributed by atoms with Crippen molar-refractivity contribution in [3.63, 3.8) is 0 Å². The van der Waals surface area contributed by atoms with Gasteiger partial charge in [-0.2, -0.15) is 0 Å². The summed E-state index contributed by atoms with van der Waals surface area (Å²) in [6.45, 7) is 4.18. The van der Waals surface area contributed by atoms with Crippen LogP contribution in [0.4, 0.5) is 5.69 Å². The van der Waals surface area contributed by atoms with Crippen LogP contribution < -0.4 is 11.5 Å². The predicted molar refractivity (Wildman–Crippen MR) is 68.4 cm³/mol. The third-order valence-corrected chi connectivity index (χ3v) is 2.85.